The van der Waals surface area contributed by atoms with Crippen molar-refractivity contribution in [2.75, 3.05) is 26.1 Å². The van der Waals surface area contributed by atoms with Crippen LogP contribution < -0.4 is 20.1 Å². The number of carbonyl (C=O) groups excluding carboxylic acids is 3. The molecule has 166 valence electrons. The lowest BCUT2D eigenvalue weighted by Gasteiger charge is -2.14. The summed E-state index contributed by atoms with van der Waals surface area (Å²) in [5.74, 6) is 0.420. The van der Waals surface area contributed by atoms with Crippen LogP contribution in [0.2, 0.25) is 0 Å². The average Bonchev–Trinajstić information content (AvgIpc) is 3.35. The highest BCUT2D eigenvalue weighted by Gasteiger charge is 2.38. The topological polar surface area (TPSA) is 113 Å². The summed E-state index contributed by atoms with van der Waals surface area (Å²) in [6.45, 7) is 0.196. The summed E-state index contributed by atoms with van der Waals surface area (Å²) in [4.78, 5) is 41.7. The number of fused-ring (bicyclic) bond motifs is 1. The van der Waals surface area contributed by atoms with Crippen LogP contribution in [0, 0.1) is 0 Å². The van der Waals surface area contributed by atoms with E-state index < -0.39 is 18.0 Å². The number of carbonyl (C=O) groups is 3. The Labute approximate surface area is 184 Å². The monoisotopic (exact) mass is 436 g/mol. The molecule has 0 radical (unpaired) electrons. The SMILES string of the molecule is COc1ccc(CCN2C(=O)N[C@@H](CC(=O)Nc3ccc4cc[nH]c4c3)C2=O)cc1OC. The standard InChI is InChI=1S/C23H24N4O5/c1-31-19-6-3-14(11-20(19)32-2)8-10-27-22(29)18(26-23(27)30)13-21(28)25-16-5-4-15-7-9-24-17(15)12-16/h3-7,9,11-12,18,24H,8,10,13H2,1-2H3,(H,25,28)(H,26,30)/t18-/m0/s1. The van der Waals surface area contributed by atoms with E-state index in [9.17, 15) is 14.4 Å². The number of benzene rings is 2. The van der Waals surface area contributed by atoms with Crippen LogP contribution in [0.4, 0.5) is 10.5 Å². The Bertz CT molecular complexity index is 1170. The summed E-state index contributed by atoms with van der Waals surface area (Å²) in [7, 11) is 3.10. The van der Waals surface area contributed by atoms with E-state index in [0.29, 0.717) is 23.6 Å². The molecule has 3 N–H and O–H groups in total. The number of aromatic nitrogens is 1. The van der Waals surface area contributed by atoms with Crippen molar-refractivity contribution in [3.8, 4) is 11.5 Å². The third-order valence-electron chi connectivity index (χ3n) is 5.41. The fraction of sp³-hybridized carbons (Fsp3) is 0.261. The lowest BCUT2D eigenvalue weighted by molar-refractivity contribution is -0.129. The summed E-state index contributed by atoms with van der Waals surface area (Å²) in [6, 6.07) is 11.5. The number of ether oxygens (including phenoxy) is 2. The van der Waals surface area contributed by atoms with Crippen LogP contribution in [0.3, 0.4) is 0 Å². The number of urea groups is 1. The molecule has 2 heterocycles. The lowest BCUT2D eigenvalue weighted by Crippen LogP contribution is -2.34. The molecule has 0 unspecified atom stereocenters. The van der Waals surface area contributed by atoms with Crippen molar-refractivity contribution in [3.05, 3.63) is 54.2 Å². The molecule has 32 heavy (non-hydrogen) atoms. The predicted molar refractivity (Wildman–Crippen MR) is 119 cm³/mol. The lowest BCUT2D eigenvalue weighted by atomic mass is 10.1. The molecule has 9 nitrogen and oxygen atoms in total. The van der Waals surface area contributed by atoms with Crippen molar-refractivity contribution in [1.82, 2.24) is 15.2 Å². The summed E-state index contributed by atoms with van der Waals surface area (Å²) < 4.78 is 10.5. The Hall–Kier alpha value is -4.01. The van der Waals surface area contributed by atoms with Gasteiger partial charge in [0.05, 0.1) is 20.6 Å². The number of amides is 4. The van der Waals surface area contributed by atoms with Crippen LogP contribution >= 0.6 is 0 Å². The van der Waals surface area contributed by atoms with Crippen LogP contribution in [0.15, 0.2) is 48.7 Å². The summed E-state index contributed by atoms with van der Waals surface area (Å²) in [5.41, 5.74) is 2.41. The quantitative estimate of drug-likeness (QED) is 0.470. The molecule has 1 fully saturated rings. The maximum absolute atomic E-state index is 12.7. The number of hydrogen-bond acceptors (Lipinski definition) is 5. The minimum absolute atomic E-state index is 0.139. The van der Waals surface area contributed by atoms with Gasteiger partial charge in [0.25, 0.3) is 5.91 Å². The third-order valence-corrected chi connectivity index (χ3v) is 5.41. The van der Waals surface area contributed by atoms with Crippen LogP contribution in [-0.4, -0.2) is 54.5 Å². The average molecular weight is 436 g/mol. The van der Waals surface area contributed by atoms with Gasteiger partial charge >= 0.3 is 6.03 Å². The van der Waals surface area contributed by atoms with Crippen molar-refractivity contribution in [2.45, 2.75) is 18.9 Å². The van der Waals surface area contributed by atoms with Gasteiger partial charge in [-0.15, -0.1) is 0 Å². The Balaban J connectivity index is 1.34. The fourth-order valence-electron chi connectivity index (χ4n) is 3.73. The van der Waals surface area contributed by atoms with Crippen LogP contribution in [0.1, 0.15) is 12.0 Å². The number of hydrogen-bond donors (Lipinski definition) is 3. The first-order chi connectivity index (χ1) is 15.5. The molecule has 0 aliphatic carbocycles. The van der Waals surface area contributed by atoms with Gasteiger partial charge in [0.1, 0.15) is 6.04 Å². The van der Waals surface area contributed by atoms with Crippen LogP contribution in [0.25, 0.3) is 10.9 Å². The van der Waals surface area contributed by atoms with E-state index in [1.54, 1.807) is 26.4 Å². The highest BCUT2D eigenvalue weighted by atomic mass is 16.5. The van der Waals surface area contributed by atoms with Gasteiger partial charge in [0.2, 0.25) is 5.91 Å². The molecule has 4 amide bonds. The Kier molecular flexibility index (Phi) is 5.98. The molecule has 3 aromatic rings. The summed E-state index contributed by atoms with van der Waals surface area (Å²) in [5, 5.41) is 6.41. The first-order valence-corrected chi connectivity index (χ1v) is 10.2. The Morgan fingerprint density at radius 1 is 1.06 bits per heavy atom. The van der Waals surface area contributed by atoms with Crippen molar-refractivity contribution < 1.29 is 23.9 Å². The second-order valence-corrected chi connectivity index (χ2v) is 7.46. The molecule has 9 heteroatoms. The highest BCUT2D eigenvalue weighted by Crippen LogP contribution is 2.28. The van der Waals surface area contributed by atoms with Gasteiger partial charge in [-0.25, -0.2) is 4.79 Å². The maximum Gasteiger partial charge on any atom is 0.324 e. The zero-order valence-corrected chi connectivity index (χ0v) is 17.8. The Morgan fingerprint density at radius 3 is 2.66 bits per heavy atom. The number of methoxy groups -OCH3 is 2. The second-order valence-electron chi connectivity index (χ2n) is 7.46. The van der Waals surface area contributed by atoms with E-state index in [4.69, 9.17) is 9.47 Å². The number of H-pyrrole nitrogens is 1. The zero-order chi connectivity index (χ0) is 22.7. The van der Waals surface area contributed by atoms with Gasteiger partial charge in [-0.3, -0.25) is 14.5 Å². The molecule has 1 aliphatic rings. The van der Waals surface area contributed by atoms with Gasteiger partial charge < -0.3 is 25.1 Å². The molecule has 0 bridgehead atoms. The van der Waals surface area contributed by atoms with E-state index in [1.807, 2.05) is 36.5 Å². The molecule has 1 aliphatic heterocycles. The summed E-state index contributed by atoms with van der Waals surface area (Å²) in [6.07, 6.45) is 2.13. The number of nitrogens with one attached hydrogen (secondary N) is 3. The predicted octanol–water partition coefficient (Wildman–Crippen LogP) is 2.68. The van der Waals surface area contributed by atoms with Crippen molar-refractivity contribution >= 4 is 34.4 Å². The van der Waals surface area contributed by atoms with Gasteiger partial charge in [-0.1, -0.05) is 12.1 Å². The smallest absolute Gasteiger partial charge is 0.324 e. The van der Waals surface area contributed by atoms with Crippen molar-refractivity contribution in [2.24, 2.45) is 0 Å². The van der Waals surface area contributed by atoms with Crippen LogP contribution in [0.5, 0.6) is 11.5 Å². The van der Waals surface area contributed by atoms with Crippen molar-refractivity contribution in [1.29, 1.82) is 0 Å². The van der Waals surface area contributed by atoms with Crippen molar-refractivity contribution in [3.63, 3.8) is 0 Å². The van der Waals surface area contributed by atoms with E-state index >= 15 is 0 Å². The molecule has 0 spiro atoms. The van der Waals surface area contributed by atoms with Crippen LogP contribution in [-0.2, 0) is 16.0 Å². The van der Waals surface area contributed by atoms with E-state index in [1.165, 1.54) is 0 Å². The molecule has 2 aromatic carbocycles. The molecule has 4 rings (SSSR count). The summed E-state index contributed by atoms with van der Waals surface area (Å²) >= 11 is 0. The largest absolute Gasteiger partial charge is 0.493 e. The fourth-order valence-corrected chi connectivity index (χ4v) is 3.73. The van der Waals surface area contributed by atoms with Gasteiger partial charge in [-0.2, -0.15) is 0 Å². The molecule has 1 aromatic heterocycles. The van der Waals surface area contributed by atoms with E-state index in [2.05, 4.69) is 15.6 Å². The van der Waals surface area contributed by atoms with Gasteiger partial charge in [-0.05, 0) is 47.7 Å². The number of imide groups is 1. The van der Waals surface area contributed by atoms with E-state index in [-0.39, 0.29) is 18.9 Å². The minimum atomic E-state index is -0.887. The van der Waals surface area contributed by atoms with Gasteiger partial charge in [0, 0.05) is 23.9 Å². The molecule has 1 atom stereocenters. The molecule has 0 saturated carbocycles. The maximum atomic E-state index is 12.7. The first-order valence-electron chi connectivity index (χ1n) is 10.2. The highest BCUT2D eigenvalue weighted by molar-refractivity contribution is 6.07. The zero-order valence-electron chi connectivity index (χ0n) is 17.8. The first kappa shape index (κ1) is 21.2. The molecule has 1 saturated heterocycles. The minimum Gasteiger partial charge on any atom is -0.493 e. The van der Waals surface area contributed by atoms with Gasteiger partial charge in [0.15, 0.2) is 11.5 Å². The third kappa shape index (κ3) is 4.36. The second kappa shape index (κ2) is 9.01. The van der Waals surface area contributed by atoms with E-state index in [0.717, 1.165) is 21.4 Å². The normalized spacial score (nSPS) is 15.7. The number of anilines is 1. The number of nitrogens with zero attached hydrogens (tertiary/aromatic N) is 1. The Morgan fingerprint density at radius 2 is 1.88 bits per heavy atom. The molecular formula is C23H24N4O5. The molecular weight excluding hydrogens is 412 g/mol. The number of rotatable bonds is 8. The number of aromatic amines is 1.